The molecule has 0 aromatic heterocycles. The summed E-state index contributed by atoms with van der Waals surface area (Å²) >= 11 is 0. The van der Waals surface area contributed by atoms with Crippen LogP contribution < -0.4 is 0 Å². The van der Waals surface area contributed by atoms with Crippen LogP contribution in [-0.2, 0) is 9.59 Å². The lowest BCUT2D eigenvalue weighted by Crippen LogP contribution is -2.53. The predicted octanol–water partition coefficient (Wildman–Crippen LogP) is 0.294. The van der Waals surface area contributed by atoms with Gasteiger partial charge in [-0.05, 0) is 33.6 Å². The Morgan fingerprint density at radius 3 is 2.25 bits per heavy atom. The normalized spacial score (nSPS) is 36.3. The number of carbonyl (C=O) groups is 2. The quantitative estimate of drug-likeness (QED) is 0.779. The van der Waals surface area contributed by atoms with Gasteiger partial charge in [-0.15, -0.1) is 0 Å². The van der Waals surface area contributed by atoms with Gasteiger partial charge in [0.05, 0.1) is 12.1 Å². The summed E-state index contributed by atoms with van der Waals surface area (Å²) in [5.41, 5.74) is 0. The molecule has 0 saturated carbocycles. The van der Waals surface area contributed by atoms with E-state index in [0.29, 0.717) is 12.1 Å². The van der Waals surface area contributed by atoms with Gasteiger partial charge in [0.25, 0.3) is 0 Å². The van der Waals surface area contributed by atoms with Crippen molar-refractivity contribution < 1.29 is 19.8 Å². The molecule has 0 aromatic rings. The number of likely N-dealkylation sites (tertiary alicyclic amines) is 2. The second-order valence-corrected chi connectivity index (χ2v) is 6.13. The minimum Gasteiger partial charge on any atom is -0.480 e. The lowest BCUT2D eigenvalue weighted by molar-refractivity contribution is -0.150. The predicted molar refractivity (Wildman–Crippen MR) is 73.2 cm³/mol. The zero-order valence-corrected chi connectivity index (χ0v) is 12.3. The van der Waals surface area contributed by atoms with E-state index in [0.717, 1.165) is 12.8 Å². The Hall–Kier alpha value is -1.14. The molecule has 1 amide bonds. The number of aliphatic hydroxyl groups excluding tert-OH is 1. The number of carbonyl (C=O) groups excluding carboxylic acids is 1. The van der Waals surface area contributed by atoms with E-state index in [1.807, 2.05) is 6.92 Å². The molecule has 2 heterocycles. The van der Waals surface area contributed by atoms with Crippen molar-refractivity contribution in [3.05, 3.63) is 0 Å². The largest absolute Gasteiger partial charge is 0.480 e. The van der Waals surface area contributed by atoms with Crippen LogP contribution in [0, 0.1) is 0 Å². The summed E-state index contributed by atoms with van der Waals surface area (Å²) < 4.78 is 0. The van der Waals surface area contributed by atoms with Gasteiger partial charge in [0.2, 0.25) is 5.91 Å². The first-order chi connectivity index (χ1) is 9.32. The third kappa shape index (κ3) is 2.67. The van der Waals surface area contributed by atoms with Crippen molar-refractivity contribution in [3.8, 4) is 0 Å². The van der Waals surface area contributed by atoms with Gasteiger partial charge in [-0.1, -0.05) is 0 Å². The number of aliphatic carboxylic acids is 1. The van der Waals surface area contributed by atoms with Crippen LogP contribution in [0.4, 0.5) is 0 Å². The van der Waals surface area contributed by atoms with E-state index >= 15 is 0 Å². The lowest BCUT2D eigenvalue weighted by atomic mass is 10.1. The molecule has 0 radical (unpaired) electrons. The molecule has 5 atom stereocenters. The molecule has 3 unspecified atom stereocenters. The van der Waals surface area contributed by atoms with Crippen LogP contribution in [0.2, 0.25) is 0 Å². The van der Waals surface area contributed by atoms with Crippen molar-refractivity contribution in [1.82, 2.24) is 9.80 Å². The Morgan fingerprint density at radius 1 is 1.20 bits per heavy atom. The first-order valence-corrected chi connectivity index (χ1v) is 7.31. The van der Waals surface area contributed by atoms with Crippen molar-refractivity contribution in [2.75, 3.05) is 6.54 Å². The molecule has 2 N–H and O–H groups in total. The van der Waals surface area contributed by atoms with Gasteiger partial charge < -0.3 is 15.1 Å². The number of β-amino-alcohol motifs (C(OH)–C–C–N with tert-alkyl or cyclic N) is 1. The fraction of sp³-hybridized carbons (Fsp3) is 0.857. The van der Waals surface area contributed by atoms with Gasteiger partial charge in [-0.25, -0.2) is 4.79 Å². The lowest BCUT2D eigenvalue weighted by Gasteiger charge is -2.35. The van der Waals surface area contributed by atoms with Crippen LogP contribution in [0.3, 0.4) is 0 Å². The van der Waals surface area contributed by atoms with Crippen molar-refractivity contribution in [3.63, 3.8) is 0 Å². The van der Waals surface area contributed by atoms with Gasteiger partial charge in [-0.3, -0.25) is 9.69 Å². The van der Waals surface area contributed by atoms with E-state index in [1.165, 1.54) is 4.90 Å². The zero-order chi connectivity index (χ0) is 15.0. The molecule has 0 aliphatic carbocycles. The SMILES string of the molecule is CC1CCC(C)N1C(C)C(=O)N1C[C@H](O)C[C@H]1C(=O)O. The number of aliphatic hydroxyl groups is 1. The Labute approximate surface area is 119 Å². The molecule has 0 bridgehead atoms. The maximum atomic E-state index is 12.6. The summed E-state index contributed by atoms with van der Waals surface area (Å²) in [4.78, 5) is 27.3. The van der Waals surface area contributed by atoms with Gasteiger partial charge in [0.15, 0.2) is 0 Å². The summed E-state index contributed by atoms with van der Waals surface area (Å²) in [7, 11) is 0. The number of amides is 1. The van der Waals surface area contributed by atoms with E-state index < -0.39 is 18.1 Å². The summed E-state index contributed by atoms with van der Waals surface area (Å²) in [6.45, 7) is 6.16. The van der Waals surface area contributed by atoms with E-state index in [4.69, 9.17) is 0 Å². The zero-order valence-electron chi connectivity index (χ0n) is 12.3. The Morgan fingerprint density at radius 2 is 1.75 bits per heavy atom. The molecule has 2 rings (SSSR count). The molecule has 0 aromatic carbocycles. The molecule has 2 aliphatic rings. The average molecular weight is 284 g/mol. The Kier molecular flexibility index (Phi) is 4.34. The first-order valence-electron chi connectivity index (χ1n) is 7.31. The average Bonchev–Trinajstić information content (AvgIpc) is 2.91. The minimum atomic E-state index is -1.04. The van der Waals surface area contributed by atoms with Crippen molar-refractivity contribution in [2.24, 2.45) is 0 Å². The molecule has 20 heavy (non-hydrogen) atoms. The van der Waals surface area contributed by atoms with Crippen LogP contribution in [-0.4, -0.2) is 68.7 Å². The van der Waals surface area contributed by atoms with Crippen LogP contribution in [0.1, 0.15) is 40.0 Å². The standard InChI is InChI=1S/C14H24N2O4/c1-8-4-5-9(2)16(8)10(3)13(18)15-7-11(17)6-12(15)14(19)20/h8-12,17H,4-7H2,1-3H3,(H,19,20)/t8?,9?,10?,11-,12+/m1/s1. The molecule has 2 aliphatic heterocycles. The molecule has 6 heteroatoms. The smallest absolute Gasteiger partial charge is 0.326 e. The molecule has 0 spiro atoms. The molecule has 114 valence electrons. The molecular weight excluding hydrogens is 260 g/mol. The second-order valence-electron chi connectivity index (χ2n) is 6.13. The van der Waals surface area contributed by atoms with Gasteiger partial charge >= 0.3 is 5.97 Å². The highest BCUT2D eigenvalue weighted by atomic mass is 16.4. The highest BCUT2D eigenvalue weighted by Gasteiger charge is 2.43. The monoisotopic (exact) mass is 284 g/mol. The number of carboxylic acid groups (broad SMARTS) is 1. The summed E-state index contributed by atoms with van der Waals surface area (Å²) in [6.07, 6.45) is 1.51. The van der Waals surface area contributed by atoms with E-state index in [2.05, 4.69) is 18.7 Å². The Bertz CT molecular complexity index is 391. The Balaban J connectivity index is 2.11. The highest BCUT2D eigenvalue weighted by Crippen LogP contribution is 2.28. The maximum absolute atomic E-state index is 12.6. The fourth-order valence-electron chi connectivity index (χ4n) is 3.64. The number of hydrogen-bond donors (Lipinski definition) is 2. The number of hydrogen-bond acceptors (Lipinski definition) is 4. The highest BCUT2D eigenvalue weighted by molar-refractivity contribution is 5.87. The minimum absolute atomic E-state index is 0.122. The summed E-state index contributed by atoms with van der Waals surface area (Å²) in [6, 6.07) is -0.567. The molecule has 2 fully saturated rings. The first kappa shape index (κ1) is 15.3. The summed E-state index contributed by atoms with van der Waals surface area (Å²) in [5.74, 6) is -1.22. The number of nitrogens with zero attached hydrogens (tertiary/aromatic N) is 2. The van der Waals surface area contributed by atoms with Crippen molar-refractivity contribution >= 4 is 11.9 Å². The van der Waals surface area contributed by atoms with Gasteiger partial charge in [-0.2, -0.15) is 0 Å². The van der Waals surface area contributed by atoms with Gasteiger partial charge in [0.1, 0.15) is 6.04 Å². The summed E-state index contributed by atoms with van der Waals surface area (Å²) in [5, 5.41) is 18.8. The van der Waals surface area contributed by atoms with E-state index in [-0.39, 0.29) is 24.9 Å². The van der Waals surface area contributed by atoms with Crippen LogP contribution in [0.25, 0.3) is 0 Å². The number of rotatable bonds is 3. The molecule has 6 nitrogen and oxygen atoms in total. The van der Waals surface area contributed by atoms with Crippen LogP contribution in [0.15, 0.2) is 0 Å². The van der Waals surface area contributed by atoms with E-state index in [1.54, 1.807) is 0 Å². The second kappa shape index (κ2) is 5.69. The molecular formula is C14H24N2O4. The number of carboxylic acids is 1. The van der Waals surface area contributed by atoms with Gasteiger partial charge in [0, 0.05) is 25.0 Å². The third-order valence-corrected chi connectivity index (χ3v) is 4.67. The van der Waals surface area contributed by atoms with E-state index in [9.17, 15) is 19.8 Å². The topological polar surface area (TPSA) is 81.1 Å². The fourth-order valence-corrected chi connectivity index (χ4v) is 3.64. The third-order valence-electron chi connectivity index (χ3n) is 4.67. The van der Waals surface area contributed by atoms with Crippen LogP contribution in [0.5, 0.6) is 0 Å². The van der Waals surface area contributed by atoms with Crippen molar-refractivity contribution in [2.45, 2.75) is 70.3 Å². The van der Waals surface area contributed by atoms with Crippen molar-refractivity contribution in [1.29, 1.82) is 0 Å². The van der Waals surface area contributed by atoms with Crippen LogP contribution >= 0.6 is 0 Å². The maximum Gasteiger partial charge on any atom is 0.326 e. The molecule has 2 saturated heterocycles.